The van der Waals surface area contributed by atoms with Crippen molar-refractivity contribution in [2.24, 2.45) is 17.8 Å². The van der Waals surface area contributed by atoms with Gasteiger partial charge in [-0.2, -0.15) is 0 Å². The molecule has 1 saturated heterocycles. The highest BCUT2D eigenvalue weighted by Gasteiger charge is 2.41. The molecule has 3 atom stereocenters. The summed E-state index contributed by atoms with van der Waals surface area (Å²) in [4.78, 5) is 44.8. The third-order valence-corrected chi connectivity index (χ3v) is 9.69. The van der Waals surface area contributed by atoms with Crippen LogP contribution in [0.15, 0.2) is 54.7 Å². The Morgan fingerprint density at radius 1 is 1.02 bits per heavy atom. The van der Waals surface area contributed by atoms with Crippen LogP contribution in [-0.4, -0.2) is 83.8 Å². The molecule has 1 aliphatic carbocycles. The summed E-state index contributed by atoms with van der Waals surface area (Å²) in [6.45, 7) is 15.1. The van der Waals surface area contributed by atoms with E-state index in [1.54, 1.807) is 12.0 Å². The van der Waals surface area contributed by atoms with Gasteiger partial charge in [0.15, 0.2) is 0 Å². The van der Waals surface area contributed by atoms with Crippen molar-refractivity contribution in [1.82, 2.24) is 19.7 Å². The van der Waals surface area contributed by atoms with Gasteiger partial charge in [0.2, 0.25) is 5.91 Å². The number of carbonyl (C=O) groups is 3. The number of rotatable bonds is 13. The summed E-state index contributed by atoms with van der Waals surface area (Å²) < 4.78 is 13.2. The van der Waals surface area contributed by atoms with Gasteiger partial charge in [0.05, 0.1) is 5.92 Å². The number of hydrogen-bond donors (Lipinski definition) is 1. The number of benzene rings is 2. The summed E-state index contributed by atoms with van der Waals surface area (Å²) in [6.07, 6.45) is 4.78. The molecule has 2 aromatic carbocycles. The van der Waals surface area contributed by atoms with Crippen LogP contribution >= 0.6 is 0 Å². The van der Waals surface area contributed by atoms with Gasteiger partial charge in [0.1, 0.15) is 5.60 Å². The molecule has 0 bridgehead atoms. The predicted molar refractivity (Wildman–Crippen MR) is 189 cm³/mol. The van der Waals surface area contributed by atoms with Gasteiger partial charge in [0, 0.05) is 87.0 Å². The Morgan fingerprint density at radius 2 is 1.73 bits per heavy atom. The van der Waals surface area contributed by atoms with E-state index in [1.807, 2.05) is 88.0 Å². The zero-order valence-electron chi connectivity index (χ0n) is 29.8. The minimum absolute atomic E-state index is 0.0331. The van der Waals surface area contributed by atoms with E-state index >= 15 is 0 Å². The van der Waals surface area contributed by atoms with E-state index in [9.17, 15) is 14.4 Å². The molecule has 1 N–H and O–H groups in total. The van der Waals surface area contributed by atoms with Crippen molar-refractivity contribution in [3.8, 4) is 0 Å². The van der Waals surface area contributed by atoms with Crippen molar-refractivity contribution in [3.05, 3.63) is 71.4 Å². The molecule has 260 valence electrons. The second-order valence-electron chi connectivity index (χ2n) is 15.0. The number of nitrogens with one attached hydrogen (secondary N) is 1. The van der Waals surface area contributed by atoms with Crippen LogP contribution in [0.4, 0.5) is 4.79 Å². The van der Waals surface area contributed by atoms with E-state index in [1.165, 1.54) is 5.56 Å². The largest absolute Gasteiger partial charge is 0.444 e. The number of hydrogen-bond acceptors (Lipinski definition) is 5. The summed E-state index contributed by atoms with van der Waals surface area (Å²) in [5.74, 6) is 0.117. The Labute approximate surface area is 285 Å². The maximum absolute atomic E-state index is 14.2. The van der Waals surface area contributed by atoms with Crippen LogP contribution in [0.25, 0.3) is 10.9 Å². The molecule has 1 saturated carbocycles. The van der Waals surface area contributed by atoms with Crippen LogP contribution in [0.2, 0.25) is 0 Å². The molecule has 48 heavy (non-hydrogen) atoms. The molecule has 1 aromatic heterocycles. The van der Waals surface area contributed by atoms with E-state index in [4.69, 9.17) is 9.47 Å². The number of aromatic nitrogens is 1. The summed E-state index contributed by atoms with van der Waals surface area (Å²) in [5, 5.41) is 4.40. The van der Waals surface area contributed by atoms with Crippen LogP contribution < -0.4 is 5.32 Å². The first-order valence-electron chi connectivity index (χ1n) is 17.6. The summed E-state index contributed by atoms with van der Waals surface area (Å²) in [6, 6.07) is 15.9. The molecule has 5 rings (SSSR count). The molecule has 9 nitrogen and oxygen atoms in total. The number of fused-ring (bicyclic) bond motifs is 1. The van der Waals surface area contributed by atoms with Gasteiger partial charge >= 0.3 is 6.09 Å². The Balaban J connectivity index is 1.35. The number of amides is 3. The number of likely N-dealkylation sites (tertiary alicyclic amines) is 1. The highest BCUT2D eigenvalue weighted by molar-refractivity contribution is 5.99. The number of methoxy groups -OCH3 is 1. The smallest absolute Gasteiger partial charge is 0.410 e. The van der Waals surface area contributed by atoms with E-state index in [0.29, 0.717) is 44.3 Å². The minimum atomic E-state index is -0.621. The van der Waals surface area contributed by atoms with Crippen molar-refractivity contribution in [2.45, 2.75) is 84.9 Å². The van der Waals surface area contributed by atoms with Crippen molar-refractivity contribution in [2.75, 3.05) is 39.9 Å². The Morgan fingerprint density at radius 3 is 2.38 bits per heavy atom. The van der Waals surface area contributed by atoms with Gasteiger partial charge in [-0.1, -0.05) is 36.4 Å². The first-order valence-corrected chi connectivity index (χ1v) is 17.6. The summed E-state index contributed by atoms with van der Waals surface area (Å²) in [7, 11) is 1.71. The predicted octanol–water partition coefficient (Wildman–Crippen LogP) is 6.63. The van der Waals surface area contributed by atoms with Crippen molar-refractivity contribution < 1.29 is 23.9 Å². The van der Waals surface area contributed by atoms with Crippen LogP contribution in [0.1, 0.15) is 81.3 Å². The molecular weight excluding hydrogens is 604 g/mol. The lowest BCUT2D eigenvalue weighted by atomic mass is 9.91. The SMILES string of the molecule is COCCCn1cc(C)c2ccc(C(=O)N(C[C@@H]3CN(C(=O)OC(C)(C)C)C[C@H]3CNC(=O)C(c3ccccc3)C3CC3)C(C)C)cc21. The quantitative estimate of drug-likeness (QED) is 0.208. The number of ether oxygens (including phenoxy) is 2. The first-order chi connectivity index (χ1) is 22.9. The number of carbonyl (C=O) groups excluding carboxylic acids is 3. The molecule has 0 radical (unpaired) electrons. The zero-order chi connectivity index (χ0) is 34.6. The normalized spacial score (nSPS) is 18.7. The third-order valence-electron chi connectivity index (χ3n) is 9.69. The lowest BCUT2D eigenvalue weighted by Crippen LogP contribution is -2.44. The molecular formula is C39H54N4O5. The second kappa shape index (κ2) is 15.1. The molecule has 3 aromatic rings. The van der Waals surface area contributed by atoms with E-state index in [2.05, 4.69) is 23.0 Å². The topological polar surface area (TPSA) is 93.1 Å². The van der Waals surface area contributed by atoms with Crippen LogP contribution in [-0.2, 0) is 20.8 Å². The highest BCUT2D eigenvalue weighted by atomic mass is 16.6. The van der Waals surface area contributed by atoms with Gasteiger partial charge in [-0.25, -0.2) is 4.79 Å². The number of aryl methyl sites for hydroxylation is 2. The monoisotopic (exact) mass is 658 g/mol. The fourth-order valence-electron chi connectivity index (χ4n) is 7.04. The van der Waals surface area contributed by atoms with Crippen molar-refractivity contribution >= 4 is 28.8 Å². The summed E-state index contributed by atoms with van der Waals surface area (Å²) in [5.41, 5.74) is 3.29. The molecule has 1 aliphatic heterocycles. The summed E-state index contributed by atoms with van der Waals surface area (Å²) >= 11 is 0. The van der Waals surface area contributed by atoms with E-state index in [-0.39, 0.29) is 41.7 Å². The second-order valence-corrected chi connectivity index (χ2v) is 15.0. The van der Waals surface area contributed by atoms with E-state index < -0.39 is 5.60 Å². The van der Waals surface area contributed by atoms with Crippen LogP contribution in [0, 0.1) is 24.7 Å². The average molecular weight is 659 g/mol. The fraction of sp³-hybridized carbons (Fsp3) is 0.564. The maximum Gasteiger partial charge on any atom is 0.410 e. The van der Waals surface area contributed by atoms with Gasteiger partial charge < -0.3 is 29.2 Å². The van der Waals surface area contributed by atoms with Gasteiger partial charge in [-0.15, -0.1) is 0 Å². The van der Waals surface area contributed by atoms with Crippen LogP contribution in [0.3, 0.4) is 0 Å². The molecule has 9 heteroatoms. The Bertz CT molecular complexity index is 1570. The van der Waals surface area contributed by atoms with Crippen LogP contribution in [0.5, 0.6) is 0 Å². The van der Waals surface area contributed by atoms with Crippen molar-refractivity contribution in [1.29, 1.82) is 0 Å². The number of nitrogens with zero attached hydrogens (tertiary/aromatic N) is 3. The third kappa shape index (κ3) is 8.59. The minimum Gasteiger partial charge on any atom is -0.444 e. The zero-order valence-corrected chi connectivity index (χ0v) is 29.8. The lowest BCUT2D eigenvalue weighted by Gasteiger charge is -2.32. The molecule has 2 heterocycles. The Kier molecular flexibility index (Phi) is 11.2. The Hall–Kier alpha value is -3.85. The standard InChI is InChI=1S/C39H54N4O5/c1-26(2)43(37(45)30-16-17-33-27(3)22-41(34(33)20-30)18-11-19-47-7)25-32-24-42(38(46)48-39(4,5)6)23-31(32)21-40-36(44)35(29-14-15-29)28-12-9-8-10-13-28/h8-10,12-13,16-17,20,22,26,29,31-32,35H,11,14-15,18-19,21,23-25H2,1-7H3,(H,40,44)/t31-,32+,35?/m1/s1. The fourth-order valence-corrected chi connectivity index (χ4v) is 7.04. The lowest BCUT2D eigenvalue weighted by molar-refractivity contribution is -0.123. The highest BCUT2D eigenvalue weighted by Crippen LogP contribution is 2.43. The molecule has 2 fully saturated rings. The van der Waals surface area contributed by atoms with Gasteiger partial charge in [-0.05, 0) is 90.0 Å². The van der Waals surface area contributed by atoms with Crippen molar-refractivity contribution in [3.63, 3.8) is 0 Å². The molecule has 0 spiro atoms. The van der Waals surface area contributed by atoms with E-state index in [0.717, 1.165) is 42.3 Å². The first kappa shape index (κ1) is 35.5. The average Bonchev–Trinajstić information content (AvgIpc) is 3.70. The van der Waals surface area contributed by atoms with Gasteiger partial charge in [-0.3, -0.25) is 9.59 Å². The molecule has 1 unspecified atom stereocenters. The van der Waals surface area contributed by atoms with Gasteiger partial charge in [0.25, 0.3) is 5.91 Å². The maximum atomic E-state index is 14.2. The molecule has 3 amide bonds. The molecule has 2 aliphatic rings.